The van der Waals surface area contributed by atoms with Gasteiger partial charge >= 0.3 is 5.69 Å². The Morgan fingerprint density at radius 2 is 1.76 bits per heavy atom. The molecule has 0 amide bonds. The minimum absolute atomic E-state index is 0.0608. The predicted octanol–water partition coefficient (Wildman–Crippen LogP) is 4.80. The van der Waals surface area contributed by atoms with Crippen LogP contribution in [0.2, 0.25) is 5.02 Å². The van der Waals surface area contributed by atoms with E-state index in [1.807, 2.05) is 25.1 Å². The van der Waals surface area contributed by atoms with Gasteiger partial charge in [0.15, 0.2) is 11.6 Å². The highest BCUT2D eigenvalue weighted by atomic mass is 35.5. The number of nitrogens with zero attached hydrogens (tertiary/aromatic N) is 4. The number of hydrogen-bond donors (Lipinski definition) is 0. The van der Waals surface area contributed by atoms with Gasteiger partial charge in [-0.3, -0.25) is 9.36 Å². The van der Waals surface area contributed by atoms with Crippen molar-refractivity contribution in [1.82, 2.24) is 14.3 Å². The van der Waals surface area contributed by atoms with Crippen LogP contribution in [0.1, 0.15) is 28.7 Å². The van der Waals surface area contributed by atoms with Gasteiger partial charge < -0.3 is 0 Å². The van der Waals surface area contributed by atoms with E-state index >= 15 is 0 Å². The first-order valence-corrected chi connectivity index (χ1v) is 11.3. The molecule has 0 N–H and O–H groups in total. The van der Waals surface area contributed by atoms with Crippen LogP contribution in [0, 0.1) is 18.3 Å². The van der Waals surface area contributed by atoms with Crippen molar-refractivity contribution in [1.29, 1.82) is 5.26 Å². The van der Waals surface area contributed by atoms with Crippen LogP contribution in [0.5, 0.6) is 0 Å². The molecule has 0 bridgehead atoms. The molecular weight excluding hydrogens is 448 g/mol. The maximum atomic E-state index is 13.2. The molecule has 6 nitrogen and oxygen atoms in total. The molecule has 1 aromatic heterocycles. The van der Waals surface area contributed by atoms with Crippen molar-refractivity contribution in [2.24, 2.45) is 0 Å². The molecule has 4 aromatic rings. The van der Waals surface area contributed by atoms with Gasteiger partial charge in [0.2, 0.25) is 0 Å². The summed E-state index contributed by atoms with van der Waals surface area (Å²) in [6.45, 7) is 2.19. The number of halogens is 1. The maximum Gasteiger partial charge on any atom is 0.346 e. The van der Waals surface area contributed by atoms with Gasteiger partial charge in [0.1, 0.15) is 6.54 Å². The van der Waals surface area contributed by atoms with Gasteiger partial charge in [-0.2, -0.15) is 5.26 Å². The number of hydrogen-bond acceptors (Lipinski definition) is 4. The second kappa shape index (κ2) is 10.3. The second-order valence-electron chi connectivity index (χ2n) is 8.19. The van der Waals surface area contributed by atoms with E-state index in [0.29, 0.717) is 29.3 Å². The summed E-state index contributed by atoms with van der Waals surface area (Å²) >= 11 is 6.03. The average molecular weight is 471 g/mol. The van der Waals surface area contributed by atoms with E-state index in [1.54, 1.807) is 53.1 Å². The molecule has 0 radical (unpaired) electrons. The quantitative estimate of drug-likeness (QED) is 0.370. The van der Waals surface area contributed by atoms with Crippen LogP contribution in [-0.2, 0) is 24.3 Å². The molecule has 0 saturated heterocycles. The summed E-state index contributed by atoms with van der Waals surface area (Å²) in [4.78, 5) is 25.9. The van der Waals surface area contributed by atoms with Gasteiger partial charge in [0.05, 0.1) is 18.2 Å². The first-order chi connectivity index (χ1) is 16.4. The molecule has 0 unspecified atom stereocenters. The number of benzene rings is 3. The summed E-state index contributed by atoms with van der Waals surface area (Å²) < 4.78 is 2.77. The Labute approximate surface area is 202 Å². The Hall–Kier alpha value is -3.95. The summed E-state index contributed by atoms with van der Waals surface area (Å²) in [7, 11) is 0. The fourth-order valence-corrected chi connectivity index (χ4v) is 3.89. The molecule has 0 atom stereocenters. The van der Waals surface area contributed by atoms with Crippen LogP contribution in [0.25, 0.3) is 11.4 Å². The number of ketones is 1. The fourth-order valence-electron chi connectivity index (χ4n) is 3.76. The zero-order valence-corrected chi connectivity index (χ0v) is 19.5. The van der Waals surface area contributed by atoms with Gasteiger partial charge in [0, 0.05) is 17.0 Å². The molecule has 0 aliphatic heterocycles. The van der Waals surface area contributed by atoms with Crippen molar-refractivity contribution in [3.8, 4) is 17.5 Å². The van der Waals surface area contributed by atoms with Crippen LogP contribution >= 0.6 is 11.6 Å². The van der Waals surface area contributed by atoms with Gasteiger partial charge in [-0.15, -0.1) is 5.10 Å². The summed E-state index contributed by atoms with van der Waals surface area (Å²) in [6, 6.07) is 24.2. The third-order valence-corrected chi connectivity index (χ3v) is 5.80. The molecule has 0 aliphatic rings. The first-order valence-electron chi connectivity index (χ1n) is 10.9. The standard InChI is InChI=1S/C27H23ClN4O2/c1-19-3-2-4-20(15-19)9-14-25(33)18-32-27(34)31(17-22-7-5-21(16-29)6-8-22)26(30-32)23-10-12-24(28)13-11-23/h2-8,10-13,15H,9,14,17-18H2,1H3. The van der Waals surface area contributed by atoms with Crippen LogP contribution < -0.4 is 5.69 Å². The predicted molar refractivity (Wildman–Crippen MR) is 132 cm³/mol. The number of aromatic nitrogens is 3. The van der Waals surface area contributed by atoms with Crippen LogP contribution in [0.3, 0.4) is 0 Å². The molecule has 0 aliphatic carbocycles. The van der Waals surface area contributed by atoms with Crippen molar-refractivity contribution in [3.63, 3.8) is 0 Å². The van der Waals surface area contributed by atoms with E-state index in [-0.39, 0.29) is 24.6 Å². The third kappa shape index (κ3) is 5.51. The lowest BCUT2D eigenvalue weighted by Crippen LogP contribution is -2.28. The normalized spacial score (nSPS) is 10.7. The zero-order chi connectivity index (χ0) is 24.1. The van der Waals surface area contributed by atoms with E-state index in [4.69, 9.17) is 16.9 Å². The van der Waals surface area contributed by atoms with E-state index in [0.717, 1.165) is 22.3 Å². The fraction of sp³-hybridized carbons (Fsp3) is 0.185. The highest BCUT2D eigenvalue weighted by molar-refractivity contribution is 6.30. The van der Waals surface area contributed by atoms with E-state index < -0.39 is 0 Å². The monoisotopic (exact) mass is 470 g/mol. The van der Waals surface area contributed by atoms with Crippen LogP contribution in [0.15, 0.2) is 77.6 Å². The van der Waals surface area contributed by atoms with Gasteiger partial charge in [-0.05, 0) is 60.9 Å². The molecule has 34 heavy (non-hydrogen) atoms. The minimum atomic E-state index is -0.363. The summed E-state index contributed by atoms with van der Waals surface area (Å²) in [5.41, 5.74) is 3.99. The Morgan fingerprint density at radius 3 is 2.44 bits per heavy atom. The molecule has 0 fully saturated rings. The van der Waals surface area contributed by atoms with Crippen molar-refractivity contribution in [3.05, 3.63) is 111 Å². The van der Waals surface area contributed by atoms with Crippen molar-refractivity contribution >= 4 is 17.4 Å². The number of carbonyl (C=O) groups is 1. The molecule has 0 spiro atoms. The van der Waals surface area contributed by atoms with Crippen molar-refractivity contribution < 1.29 is 4.79 Å². The smallest absolute Gasteiger partial charge is 0.298 e. The first kappa shape index (κ1) is 23.2. The summed E-state index contributed by atoms with van der Waals surface area (Å²) in [6.07, 6.45) is 0.944. The molecule has 170 valence electrons. The van der Waals surface area contributed by atoms with Crippen LogP contribution in [0.4, 0.5) is 0 Å². The maximum absolute atomic E-state index is 13.2. The number of nitriles is 1. The Morgan fingerprint density at radius 1 is 1.03 bits per heavy atom. The molecule has 1 heterocycles. The second-order valence-corrected chi connectivity index (χ2v) is 8.63. The summed E-state index contributed by atoms with van der Waals surface area (Å²) in [5, 5.41) is 14.1. The van der Waals surface area contributed by atoms with Crippen molar-refractivity contribution in [2.75, 3.05) is 0 Å². The Balaban J connectivity index is 1.60. The van der Waals surface area contributed by atoms with E-state index in [1.165, 1.54) is 4.68 Å². The van der Waals surface area contributed by atoms with Gasteiger partial charge in [-0.25, -0.2) is 9.48 Å². The lowest BCUT2D eigenvalue weighted by atomic mass is 10.1. The summed E-state index contributed by atoms with van der Waals surface area (Å²) in [5.74, 6) is 0.395. The lowest BCUT2D eigenvalue weighted by molar-refractivity contribution is -0.119. The Bertz CT molecular complexity index is 1410. The Kier molecular flexibility index (Phi) is 7.05. The zero-order valence-electron chi connectivity index (χ0n) is 18.7. The number of aryl methyl sites for hydroxylation is 2. The third-order valence-electron chi connectivity index (χ3n) is 5.55. The SMILES string of the molecule is Cc1cccc(CCC(=O)Cn2nc(-c3ccc(Cl)cc3)n(Cc3ccc(C#N)cc3)c2=O)c1. The van der Waals surface area contributed by atoms with E-state index in [2.05, 4.69) is 17.2 Å². The highest BCUT2D eigenvalue weighted by Crippen LogP contribution is 2.20. The minimum Gasteiger partial charge on any atom is -0.298 e. The topological polar surface area (TPSA) is 80.7 Å². The molecular formula is C27H23ClN4O2. The molecule has 4 rings (SSSR count). The number of rotatable bonds is 8. The molecule has 0 saturated carbocycles. The van der Waals surface area contributed by atoms with Gasteiger partial charge in [0.25, 0.3) is 0 Å². The molecule has 3 aromatic carbocycles. The van der Waals surface area contributed by atoms with Crippen LogP contribution in [-0.4, -0.2) is 20.1 Å². The number of Topliss-reactive ketones (excluding diaryl/α,β-unsaturated/α-hetero) is 1. The van der Waals surface area contributed by atoms with E-state index in [9.17, 15) is 9.59 Å². The molecule has 7 heteroatoms. The lowest BCUT2D eigenvalue weighted by Gasteiger charge is -2.06. The van der Waals surface area contributed by atoms with Crippen molar-refractivity contribution in [2.45, 2.75) is 32.9 Å². The highest BCUT2D eigenvalue weighted by Gasteiger charge is 2.17. The average Bonchev–Trinajstić information content (AvgIpc) is 3.13. The number of carbonyl (C=O) groups excluding carboxylic acids is 1. The largest absolute Gasteiger partial charge is 0.346 e. The van der Waals surface area contributed by atoms with Gasteiger partial charge in [-0.1, -0.05) is 53.6 Å².